The molecule has 6 aromatic rings. The Kier molecular flexibility index (Phi) is 8.29. The van der Waals surface area contributed by atoms with Gasteiger partial charge in [0.05, 0.1) is 41.9 Å². The van der Waals surface area contributed by atoms with Gasteiger partial charge in [0, 0.05) is 46.2 Å². The van der Waals surface area contributed by atoms with Crippen LogP contribution in [0.1, 0.15) is 88.9 Å². The molecule has 12 nitrogen and oxygen atoms in total. The Balaban J connectivity index is 1.26. The van der Waals surface area contributed by atoms with E-state index in [0.717, 1.165) is 63.9 Å². The van der Waals surface area contributed by atoms with Gasteiger partial charge in [-0.3, -0.25) is 19.5 Å². The van der Waals surface area contributed by atoms with E-state index in [1.807, 2.05) is 30.0 Å². The second kappa shape index (κ2) is 12.2. The second-order valence-electron chi connectivity index (χ2n) is 14.5. The van der Waals surface area contributed by atoms with Gasteiger partial charge in [0.25, 0.3) is 0 Å². The highest BCUT2D eigenvalue weighted by molar-refractivity contribution is 5.39. The summed E-state index contributed by atoms with van der Waals surface area (Å²) in [7, 11) is 0. The molecule has 0 atom stereocenters. The van der Waals surface area contributed by atoms with E-state index < -0.39 is 0 Å². The molecule has 6 heterocycles. The summed E-state index contributed by atoms with van der Waals surface area (Å²) < 4.78 is 1.93. The Labute approximate surface area is 275 Å². The van der Waals surface area contributed by atoms with Gasteiger partial charge >= 0.3 is 0 Å². The van der Waals surface area contributed by atoms with Crippen molar-refractivity contribution in [3.05, 3.63) is 108 Å². The molecule has 0 aliphatic heterocycles. The Morgan fingerprint density at radius 3 is 2.09 bits per heavy atom. The minimum Gasteiger partial charge on any atom is -0.288 e. The Bertz CT molecular complexity index is 1960. The van der Waals surface area contributed by atoms with E-state index in [0.29, 0.717) is 6.42 Å². The molecule has 0 spiro atoms. The summed E-state index contributed by atoms with van der Waals surface area (Å²) in [6.07, 6.45) is 14.6. The summed E-state index contributed by atoms with van der Waals surface area (Å²) in [5, 5.41) is 26.1. The van der Waals surface area contributed by atoms with E-state index in [1.54, 1.807) is 40.8 Å². The number of nitrogens with zero attached hydrogens (tertiary/aromatic N) is 12. The molecule has 0 saturated heterocycles. The summed E-state index contributed by atoms with van der Waals surface area (Å²) in [6.45, 7) is 17.4. The summed E-state index contributed by atoms with van der Waals surface area (Å²) in [5.74, 6) is 0. The van der Waals surface area contributed by atoms with Crippen molar-refractivity contribution in [3.63, 3.8) is 0 Å². The molecule has 0 radical (unpaired) electrons. The van der Waals surface area contributed by atoms with Crippen molar-refractivity contribution in [2.45, 2.75) is 90.9 Å². The number of aromatic nitrogens is 12. The van der Waals surface area contributed by atoms with Crippen LogP contribution in [0.15, 0.2) is 74.0 Å². The van der Waals surface area contributed by atoms with Crippen LogP contribution in [0, 0.1) is 6.92 Å². The van der Waals surface area contributed by atoms with Crippen molar-refractivity contribution in [2.75, 3.05) is 0 Å². The first-order valence-electron chi connectivity index (χ1n) is 15.9. The first-order valence-corrected chi connectivity index (χ1v) is 15.9. The van der Waals surface area contributed by atoms with Gasteiger partial charge in [-0.25, -0.2) is 0 Å². The zero-order valence-corrected chi connectivity index (χ0v) is 28.4. The molecular formula is C35H42N12. The normalized spacial score (nSPS) is 12.5. The zero-order chi connectivity index (χ0) is 33.4. The molecule has 0 bridgehead atoms. The van der Waals surface area contributed by atoms with E-state index in [9.17, 15) is 0 Å². The maximum absolute atomic E-state index is 5.22. The highest BCUT2D eigenvalue weighted by Crippen LogP contribution is 2.32. The third-order valence-electron chi connectivity index (χ3n) is 8.53. The number of hydrogen-bond donors (Lipinski definition) is 0. The quantitative estimate of drug-likeness (QED) is 0.188. The minimum absolute atomic E-state index is 0.0776. The maximum Gasteiger partial charge on any atom is 0.123 e. The standard InChI is InChI=1S/C35H42N12/c1-24-13-29(17-31(42-24)33(2,3)4)47-41-20-27(44-47)18-35(7,8)32-16-28(45-22-37-38-23-45)15-26(43-32)9-10-34(5,6)25-14-30(21-36-19-25)46-39-11-12-40-46/h11-17,19-23H,9-10,18H2,1-8H3. The average molecular weight is 631 g/mol. The molecule has 0 fully saturated rings. The molecule has 47 heavy (non-hydrogen) atoms. The van der Waals surface area contributed by atoms with Gasteiger partial charge in [-0.15, -0.1) is 10.2 Å². The van der Waals surface area contributed by atoms with Crippen molar-refractivity contribution < 1.29 is 0 Å². The van der Waals surface area contributed by atoms with Crippen LogP contribution in [-0.4, -0.2) is 59.7 Å². The van der Waals surface area contributed by atoms with Crippen molar-refractivity contribution >= 4 is 0 Å². The lowest BCUT2D eigenvalue weighted by Gasteiger charge is -2.27. The van der Waals surface area contributed by atoms with Crippen LogP contribution in [0.5, 0.6) is 0 Å². The highest BCUT2D eigenvalue weighted by atomic mass is 15.5. The highest BCUT2D eigenvalue weighted by Gasteiger charge is 2.28. The summed E-state index contributed by atoms with van der Waals surface area (Å²) in [5.41, 5.74) is 8.05. The number of rotatable bonds is 10. The largest absolute Gasteiger partial charge is 0.288 e. The number of aryl methyl sites for hydroxylation is 2. The van der Waals surface area contributed by atoms with Crippen molar-refractivity contribution in [1.29, 1.82) is 0 Å². The molecule has 6 aromatic heterocycles. The van der Waals surface area contributed by atoms with Crippen LogP contribution in [0.2, 0.25) is 0 Å². The SMILES string of the molecule is Cc1cc(-n2ncc(CC(C)(C)c3cc(-n4cnnc4)cc(CCC(C)(C)c4cncc(-n5nccn5)c4)n3)n2)cc(C(C)(C)C)n1. The molecule has 0 aliphatic carbocycles. The molecule has 0 saturated carbocycles. The van der Waals surface area contributed by atoms with E-state index in [4.69, 9.17) is 15.1 Å². The van der Waals surface area contributed by atoms with E-state index in [1.165, 1.54) is 0 Å². The molecule has 0 aliphatic rings. The Hall–Kier alpha value is -5.13. The molecule has 0 aromatic carbocycles. The van der Waals surface area contributed by atoms with Crippen LogP contribution in [0.25, 0.3) is 17.1 Å². The van der Waals surface area contributed by atoms with Gasteiger partial charge in [-0.1, -0.05) is 48.5 Å². The van der Waals surface area contributed by atoms with E-state index in [2.05, 4.69) is 103 Å². The first kappa shape index (κ1) is 31.8. The maximum atomic E-state index is 5.22. The summed E-state index contributed by atoms with van der Waals surface area (Å²) in [6, 6.07) is 10.4. The third kappa shape index (κ3) is 7.16. The minimum atomic E-state index is -0.338. The topological polar surface area (TPSA) is 131 Å². The monoisotopic (exact) mass is 630 g/mol. The zero-order valence-electron chi connectivity index (χ0n) is 28.4. The van der Waals surface area contributed by atoms with Gasteiger partial charge in [-0.2, -0.15) is 30.0 Å². The van der Waals surface area contributed by atoms with Gasteiger partial charge in [0.15, 0.2) is 0 Å². The van der Waals surface area contributed by atoms with E-state index >= 15 is 0 Å². The summed E-state index contributed by atoms with van der Waals surface area (Å²) in [4.78, 5) is 17.7. The predicted molar refractivity (Wildman–Crippen MR) is 179 cm³/mol. The fourth-order valence-corrected chi connectivity index (χ4v) is 5.56. The van der Waals surface area contributed by atoms with Crippen LogP contribution >= 0.6 is 0 Å². The van der Waals surface area contributed by atoms with Gasteiger partial charge in [-0.05, 0) is 61.1 Å². The Morgan fingerprint density at radius 1 is 0.638 bits per heavy atom. The van der Waals surface area contributed by atoms with Gasteiger partial charge in [0.2, 0.25) is 0 Å². The Morgan fingerprint density at radius 2 is 1.36 bits per heavy atom. The molecule has 0 N–H and O–H groups in total. The molecule has 6 rings (SSSR count). The predicted octanol–water partition coefficient (Wildman–Crippen LogP) is 5.65. The lowest BCUT2D eigenvalue weighted by atomic mass is 9.80. The average Bonchev–Trinajstić information content (AvgIpc) is 3.83. The van der Waals surface area contributed by atoms with Crippen molar-refractivity contribution in [2.24, 2.45) is 0 Å². The molecule has 0 amide bonds. The fourth-order valence-electron chi connectivity index (χ4n) is 5.56. The number of hydrogen-bond acceptors (Lipinski definition) is 9. The second-order valence-corrected chi connectivity index (χ2v) is 14.5. The van der Waals surface area contributed by atoms with Crippen molar-refractivity contribution in [1.82, 2.24) is 59.7 Å². The van der Waals surface area contributed by atoms with Crippen LogP contribution < -0.4 is 0 Å². The summed E-state index contributed by atoms with van der Waals surface area (Å²) >= 11 is 0. The van der Waals surface area contributed by atoms with Crippen LogP contribution in [0.3, 0.4) is 0 Å². The van der Waals surface area contributed by atoms with Crippen LogP contribution in [-0.2, 0) is 29.1 Å². The number of pyridine rings is 3. The van der Waals surface area contributed by atoms with Crippen molar-refractivity contribution in [3.8, 4) is 17.1 Å². The third-order valence-corrected chi connectivity index (χ3v) is 8.53. The van der Waals surface area contributed by atoms with E-state index in [-0.39, 0.29) is 16.2 Å². The molecule has 0 unspecified atom stereocenters. The van der Waals surface area contributed by atoms with Gasteiger partial charge in [0.1, 0.15) is 18.3 Å². The lowest BCUT2D eigenvalue weighted by molar-refractivity contribution is 0.468. The molecule has 12 heteroatoms. The molecule has 242 valence electrons. The van der Waals surface area contributed by atoms with Crippen LogP contribution in [0.4, 0.5) is 0 Å². The molecular weight excluding hydrogens is 588 g/mol. The van der Waals surface area contributed by atoms with Gasteiger partial charge < -0.3 is 0 Å². The smallest absolute Gasteiger partial charge is 0.123 e. The first-order chi connectivity index (χ1) is 22.3. The lowest BCUT2D eigenvalue weighted by Crippen LogP contribution is -2.24. The fraction of sp³-hybridized carbons (Fsp3) is 0.400.